The van der Waals surface area contributed by atoms with Gasteiger partial charge in [0.25, 0.3) is 5.56 Å². The van der Waals surface area contributed by atoms with Crippen molar-refractivity contribution >= 4 is 0 Å². The molecule has 7 nitrogen and oxygen atoms in total. The molecule has 0 spiro atoms. The molecule has 1 N–H and O–H groups in total. The highest BCUT2D eigenvalue weighted by atomic mass is 16.7. The molecule has 1 saturated heterocycles. The molecule has 0 saturated carbocycles. The van der Waals surface area contributed by atoms with Gasteiger partial charge in [0.1, 0.15) is 0 Å². The lowest BCUT2D eigenvalue weighted by Crippen LogP contribution is -2.40. The van der Waals surface area contributed by atoms with Crippen LogP contribution in [0.15, 0.2) is 15.8 Å². The molecule has 1 atom stereocenters. The van der Waals surface area contributed by atoms with Crippen LogP contribution in [0.25, 0.3) is 0 Å². The van der Waals surface area contributed by atoms with Crippen molar-refractivity contribution in [3.05, 3.63) is 32.6 Å². The van der Waals surface area contributed by atoms with Gasteiger partial charge in [-0.2, -0.15) is 0 Å². The van der Waals surface area contributed by atoms with Crippen LogP contribution in [0, 0.1) is 0 Å². The summed E-state index contributed by atoms with van der Waals surface area (Å²) in [6.07, 6.45) is 1.54. The predicted molar refractivity (Wildman–Crippen MR) is 73.5 cm³/mol. The summed E-state index contributed by atoms with van der Waals surface area (Å²) >= 11 is 0. The van der Waals surface area contributed by atoms with E-state index in [9.17, 15) is 9.59 Å². The number of nitrogens with one attached hydrogen (secondary N) is 1. The largest absolute Gasteiger partial charge is 0.348 e. The number of aryl methyl sites for hydroxylation is 1. The van der Waals surface area contributed by atoms with Crippen LogP contribution in [0.4, 0.5) is 0 Å². The average Bonchev–Trinajstić information content (AvgIpc) is 2.72. The zero-order chi connectivity index (χ0) is 14.9. The molecular formula is C13H21N3O4. The maximum atomic E-state index is 11.9. The smallest absolute Gasteiger partial charge is 0.330 e. The zero-order valence-corrected chi connectivity index (χ0v) is 12.3. The van der Waals surface area contributed by atoms with Gasteiger partial charge in [0.2, 0.25) is 0 Å². The monoisotopic (exact) mass is 283 g/mol. The standard InChI is InChI=1S/C13H21N3O4/c1-13(2)19-8-10(20-13)6-14-5-9-7-15(3)12(18)16(4)11(9)17/h7,10,14H,5-6,8H2,1-4H3. The van der Waals surface area contributed by atoms with Gasteiger partial charge in [-0.05, 0) is 13.8 Å². The molecule has 0 aromatic carbocycles. The fraction of sp³-hybridized carbons (Fsp3) is 0.692. The maximum absolute atomic E-state index is 11.9. The maximum Gasteiger partial charge on any atom is 0.330 e. The summed E-state index contributed by atoms with van der Waals surface area (Å²) in [4.78, 5) is 23.5. The van der Waals surface area contributed by atoms with E-state index in [0.29, 0.717) is 25.3 Å². The molecule has 112 valence electrons. The van der Waals surface area contributed by atoms with E-state index < -0.39 is 5.79 Å². The molecule has 1 aliphatic rings. The third-order valence-electron chi connectivity index (χ3n) is 3.27. The number of rotatable bonds is 4. The number of ether oxygens (including phenoxy) is 2. The number of hydrogen-bond acceptors (Lipinski definition) is 5. The molecule has 0 aliphatic carbocycles. The van der Waals surface area contributed by atoms with Crippen molar-refractivity contribution in [2.45, 2.75) is 32.3 Å². The van der Waals surface area contributed by atoms with Crippen LogP contribution in [0.2, 0.25) is 0 Å². The molecule has 1 aromatic rings. The van der Waals surface area contributed by atoms with Gasteiger partial charge in [-0.25, -0.2) is 4.79 Å². The van der Waals surface area contributed by atoms with Gasteiger partial charge in [0.15, 0.2) is 5.79 Å². The van der Waals surface area contributed by atoms with Gasteiger partial charge in [-0.3, -0.25) is 9.36 Å². The Hall–Kier alpha value is -1.44. The zero-order valence-electron chi connectivity index (χ0n) is 12.3. The summed E-state index contributed by atoms with van der Waals surface area (Å²) in [5.74, 6) is -0.543. The summed E-state index contributed by atoms with van der Waals surface area (Å²) in [6, 6.07) is 0. The normalized spacial score (nSPS) is 21.3. The lowest BCUT2D eigenvalue weighted by atomic mass is 10.3. The van der Waals surface area contributed by atoms with Gasteiger partial charge in [0, 0.05) is 38.9 Å². The molecule has 0 bridgehead atoms. The SMILES string of the molecule is Cn1cc(CNCC2COC(C)(C)O2)c(=O)n(C)c1=O. The van der Waals surface area contributed by atoms with Crippen molar-refractivity contribution in [2.75, 3.05) is 13.2 Å². The van der Waals surface area contributed by atoms with E-state index in [1.165, 1.54) is 11.6 Å². The number of nitrogens with zero attached hydrogens (tertiary/aromatic N) is 2. The lowest BCUT2D eigenvalue weighted by Gasteiger charge is -2.17. The minimum Gasteiger partial charge on any atom is -0.348 e. The molecule has 1 aliphatic heterocycles. The van der Waals surface area contributed by atoms with E-state index in [1.807, 2.05) is 13.8 Å². The average molecular weight is 283 g/mol. The van der Waals surface area contributed by atoms with Gasteiger partial charge < -0.3 is 19.4 Å². The van der Waals surface area contributed by atoms with Crippen molar-refractivity contribution in [3.63, 3.8) is 0 Å². The Morgan fingerprint density at radius 1 is 1.40 bits per heavy atom. The number of hydrogen-bond donors (Lipinski definition) is 1. The second kappa shape index (κ2) is 5.51. The molecule has 0 radical (unpaired) electrons. The van der Waals surface area contributed by atoms with Gasteiger partial charge >= 0.3 is 5.69 Å². The molecule has 7 heteroatoms. The molecule has 1 fully saturated rings. The first-order valence-electron chi connectivity index (χ1n) is 6.58. The summed E-state index contributed by atoms with van der Waals surface area (Å²) in [6.45, 7) is 5.26. The Balaban J connectivity index is 1.96. The molecule has 20 heavy (non-hydrogen) atoms. The van der Waals surface area contributed by atoms with Gasteiger partial charge in [-0.15, -0.1) is 0 Å². The van der Waals surface area contributed by atoms with E-state index in [-0.39, 0.29) is 17.4 Å². The van der Waals surface area contributed by atoms with Gasteiger partial charge in [0.05, 0.1) is 12.7 Å². The Morgan fingerprint density at radius 2 is 2.10 bits per heavy atom. The summed E-state index contributed by atoms with van der Waals surface area (Å²) in [7, 11) is 3.10. The fourth-order valence-electron chi connectivity index (χ4n) is 2.24. The van der Waals surface area contributed by atoms with Crippen LogP contribution in [0.3, 0.4) is 0 Å². The predicted octanol–water partition coefficient (Wildman–Crippen LogP) is -0.675. The van der Waals surface area contributed by atoms with Crippen molar-refractivity contribution in [3.8, 4) is 0 Å². The van der Waals surface area contributed by atoms with E-state index in [1.54, 1.807) is 13.2 Å². The summed E-state index contributed by atoms with van der Waals surface area (Å²) in [5, 5.41) is 3.16. The minimum absolute atomic E-state index is 0.0265. The van der Waals surface area contributed by atoms with Crippen LogP contribution in [0.1, 0.15) is 19.4 Å². The first-order valence-corrected chi connectivity index (χ1v) is 6.58. The third kappa shape index (κ3) is 3.17. The molecular weight excluding hydrogens is 262 g/mol. The first-order chi connectivity index (χ1) is 9.30. The lowest BCUT2D eigenvalue weighted by molar-refractivity contribution is -0.137. The molecule has 1 unspecified atom stereocenters. The van der Waals surface area contributed by atoms with Crippen molar-refractivity contribution in [1.82, 2.24) is 14.5 Å². The van der Waals surface area contributed by atoms with Crippen molar-refractivity contribution in [1.29, 1.82) is 0 Å². The van der Waals surface area contributed by atoms with Crippen molar-refractivity contribution in [2.24, 2.45) is 14.1 Å². The Bertz CT molecular complexity index is 603. The highest BCUT2D eigenvalue weighted by Gasteiger charge is 2.32. The third-order valence-corrected chi connectivity index (χ3v) is 3.27. The first kappa shape index (κ1) is 15.0. The van der Waals surface area contributed by atoms with Crippen LogP contribution in [-0.4, -0.2) is 34.2 Å². The second-order valence-electron chi connectivity index (χ2n) is 5.49. The van der Waals surface area contributed by atoms with Gasteiger partial charge in [-0.1, -0.05) is 0 Å². The highest BCUT2D eigenvalue weighted by Crippen LogP contribution is 2.21. The fourth-order valence-corrected chi connectivity index (χ4v) is 2.24. The summed E-state index contributed by atoms with van der Waals surface area (Å²) in [5.41, 5.74) is -0.0506. The van der Waals surface area contributed by atoms with Crippen LogP contribution in [0.5, 0.6) is 0 Å². The Morgan fingerprint density at radius 3 is 2.70 bits per heavy atom. The molecule has 1 aromatic heterocycles. The molecule has 2 heterocycles. The number of aromatic nitrogens is 2. The highest BCUT2D eigenvalue weighted by molar-refractivity contribution is 5.05. The topological polar surface area (TPSA) is 74.5 Å². The van der Waals surface area contributed by atoms with E-state index in [0.717, 1.165) is 4.57 Å². The Labute approximate surface area is 117 Å². The Kier molecular flexibility index (Phi) is 4.12. The van der Waals surface area contributed by atoms with Crippen molar-refractivity contribution < 1.29 is 9.47 Å². The van der Waals surface area contributed by atoms with Crippen LogP contribution >= 0.6 is 0 Å². The van der Waals surface area contributed by atoms with Crippen LogP contribution in [-0.2, 0) is 30.1 Å². The molecule has 2 rings (SSSR count). The second-order valence-corrected chi connectivity index (χ2v) is 5.49. The quantitative estimate of drug-likeness (QED) is 0.793. The minimum atomic E-state index is -0.543. The van der Waals surface area contributed by atoms with E-state index in [4.69, 9.17) is 9.47 Å². The summed E-state index contributed by atoms with van der Waals surface area (Å²) < 4.78 is 13.6. The van der Waals surface area contributed by atoms with E-state index in [2.05, 4.69) is 5.32 Å². The molecule has 0 amide bonds. The van der Waals surface area contributed by atoms with E-state index >= 15 is 0 Å². The van der Waals surface area contributed by atoms with Crippen LogP contribution < -0.4 is 16.6 Å².